The Hall–Kier alpha value is -1.07. The van der Waals surface area contributed by atoms with E-state index in [9.17, 15) is 13.2 Å². The maximum atomic E-state index is 12.5. The third-order valence-electron chi connectivity index (χ3n) is 2.01. The van der Waals surface area contributed by atoms with Gasteiger partial charge in [-0.05, 0) is 5.56 Å². The fourth-order valence-electron chi connectivity index (χ4n) is 1.20. The molecule has 0 amide bonds. The minimum absolute atomic E-state index is 0. The van der Waals surface area contributed by atoms with E-state index in [0.717, 1.165) is 0 Å². The number of benzene rings is 1. The van der Waals surface area contributed by atoms with Gasteiger partial charge in [-0.2, -0.15) is 13.2 Å². The van der Waals surface area contributed by atoms with Crippen LogP contribution in [0.5, 0.6) is 0 Å². The Morgan fingerprint density at radius 2 is 1.50 bits per heavy atom. The van der Waals surface area contributed by atoms with Gasteiger partial charge in [-0.15, -0.1) is 0 Å². The zero-order chi connectivity index (χ0) is 9.53. The molecule has 1 aromatic carbocycles. The molecule has 1 aliphatic heterocycles. The first kappa shape index (κ1) is 11.0. The molecule has 0 spiro atoms. The van der Waals surface area contributed by atoms with E-state index in [1.54, 1.807) is 18.2 Å². The second-order valence-corrected chi connectivity index (χ2v) is 2.86. The summed E-state index contributed by atoms with van der Waals surface area (Å²) in [6.07, 6.45) is -4.31. The van der Waals surface area contributed by atoms with E-state index in [1.807, 2.05) is 0 Å². The van der Waals surface area contributed by atoms with Gasteiger partial charge in [0.15, 0.2) is 0 Å². The first-order chi connectivity index (χ1) is 6.06. The number of alkyl halides is 3. The molecule has 0 aromatic heterocycles. The van der Waals surface area contributed by atoms with Crippen LogP contribution in [0.4, 0.5) is 13.2 Å². The zero-order valence-electron chi connectivity index (χ0n) is 6.52. The van der Waals surface area contributed by atoms with Crippen molar-refractivity contribution in [1.29, 1.82) is 0 Å². The third-order valence-corrected chi connectivity index (χ3v) is 2.01. The van der Waals surface area contributed by atoms with Crippen molar-refractivity contribution in [2.24, 2.45) is 0 Å². The lowest BCUT2D eigenvalue weighted by Gasteiger charge is -2.15. The largest absolute Gasteiger partial charge is 0.426 e. The number of hydrogen-bond donors (Lipinski definition) is 2. The predicted octanol–water partition coefficient (Wildman–Crippen LogP) is 2.15. The van der Waals surface area contributed by atoms with Crippen LogP contribution in [-0.2, 0) is 5.66 Å². The smallest absolute Gasteiger partial charge is 0.223 e. The maximum Gasteiger partial charge on any atom is 0.426 e. The molecule has 0 radical (unpaired) electrons. The van der Waals surface area contributed by atoms with Crippen molar-refractivity contribution in [1.82, 2.24) is 10.9 Å². The van der Waals surface area contributed by atoms with Gasteiger partial charge in [-0.1, -0.05) is 37.8 Å². The van der Waals surface area contributed by atoms with Crippen LogP contribution in [0, 0.1) is 0 Å². The van der Waals surface area contributed by atoms with Crippen LogP contribution in [-0.4, -0.2) is 6.18 Å². The van der Waals surface area contributed by atoms with Gasteiger partial charge in [0, 0.05) is 0 Å². The quantitative estimate of drug-likeness (QED) is 0.688. The van der Waals surface area contributed by atoms with Gasteiger partial charge >= 0.3 is 6.18 Å². The van der Waals surface area contributed by atoms with Crippen LogP contribution in [0.25, 0.3) is 0 Å². The molecule has 78 valence electrons. The zero-order valence-corrected chi connectivity index (χ0v) is 6.52. The van der Waals surface area contributed by atoms with Crippen molar-refractivity contribution in [2.75, 3.05) is 0 Å². The number of hydrazine groups is 1. The summed E-state index contributed by atoms with van der Waals surface area (Å²) in [7, 11) is 0. The topological polar surface area (TPSA) is 43.9 Å². The van der Waals surface area contributed by atoms with Crippen LogP contribution >= 0.6 is 0 Å². The van der Waals surface area contributed by atoms with E-state index in [2.05, 4.69) is 10.9 Å². The van der Waals surface area contributed by atoms with E-state index in [1.165, 1.54) is 12.1 Å². The molecule has 0 unspecified atom stereocenters. The fourth-order valence-corrected chi connectivity index (χ4v) is 1.20. The van der Waals surface area contributed by atoms with E-state index in [4.69, 9.17) is 0 Å². The van der Waals surface area contributed by atoms with Gasteiger partial charge in [0.2, 0.25) is 5.66 Å². The first-order valence-electron chi connectivity index (χ1n) is 3.73. The van der Waals surface area contributed by atoms with Crippen LogP contribution in [0.1, 0.15) is 13.0 Å². The summed E-state index contributed by atoms with van der Waals surface area (Å²) in [5.74, 6) is 0. The van der Waals surface area contributed by atoms with Gasteiger partial charge in [-0.25, -0.2) is 10.9 Å². The average Bonchev–Trinajstić information content (AvgIpc) is 2.84. The summed E-state index contributed by atoms with van der Waals surface area (Å²) in [5, 5.41) is 0. The van der Waals surface area contributed by atoms with E-state index < -0.39 is 11.8 Å². The van der Waals surface area contributed by atoms with E-state index >= 15 is 0 Å². The summed E-state index contributed by atoms with van der Waals surface area (Å²) in [6, 6.07) is 7.69. The van der Waals surface area contributed by atoms with Crippen LogP contribution < -0.4 is 10.9 Å². The second kappa shape index (κ2) is 3.25. The summed E-state index contributed by atoms with van der Waals surface area (Å²) in [6.45, 7) is 0. The molecule has 5 heteroatoms. The molecule has 1 aliphatic rings. The first-order valence-corrected chi connectivity index (χ1v) is 3.73. The van der Waals surface area contributed by atoms with Gasteiger partial charge in [0.25, 0.3) is 0 Å². The van der Waals surface area contributed by atoms with Crippen LogP contribution in [0.15, 0.2) is 30.3 Å². The third kappa shape index (κ3) is 1.49. The Balaban J connectivity index is 0.000000980. The highest BCUT2D eigenvalue weighted by molar-refractivity contribution is 5.29. The van der Waals surface area contributed by atoms with Crippen molar-refractivity contribution < 1.29 is 13.2 Å². The molecule has 0 atom stereocenters. The molecule has 14 heavy (non-hydrogen) atoms. The minimum atomic E-state index is -4.31. The minimum Gasteiger partial charge on any atom is -0.223 e. The molecule has 2 rings (SSSR count). The Morgan fingerprint density at radius 3 is 1.86 bits per heavy atom. The second-order valence-electron chi connectivity index (χ2n) is 2.86. The molecule has 0 saturated carbocycles. The number of rotatable bonds is 1. The number of nitrogens with one attached hydrogen (secondary N) is 2. The Morgan fingerprint density at radius 1 is 1.00 bits per heavy atom. The predicted molar refractivity (Wildman–Crippen MR) is 47.2 cm³/mol. The lowest BCUT2D eigenvalue weighted by atomic mass is 10.0. The average molecular weight is 204 g/mol. The normalized spacial score (nSPS) is 18.5. The summed E-state index contributed by atoms with van der Waals surface area (Å²) in [4.78, 5) is 0. The number of halogens is 3. The van der Waals surface area contributed by atoms with Crippen molar-refractivity contribution in [3.8, 4) is 0 Å². The van der Waals surface area contributed by atoms with Gasteiger partial charge in [0.1, 0.15) is 0 Å². The van der Waals surface area contributed by atoms with Gasteiger partial charge in [-0.3, -0.25) is 0 Å². The summed E-state index contributed by atoms with van der Waals surface area (Å²) >= 11 is 0. The highest BCUT2D eigenvalue weighted by Crippen LogP contribution is 2.41. The number of hydrogen-bond acceptors (Lipinski definition) is 2. The Kier molecular flexibility index (Phi) is 2.56. The summed E-state index contributed by atoms with van der Waals surface area (Å²) < 4.78 is 37.4. The molecule has 0 aliphatic carbocycles. The molecule has 1 heterocycles. The fraction of sp³-hybridized carbons (Fsp3) is 0.333. The lowest BCUT2D eigenvalue weighted by molar-refractivity contribution is -0.165. The van der Waals surface area contributed by atoms with Crippen LogP contribution in [0.2, 0.25) is 0 Å². The standard InChI is InChI=1S/C8H7F3N2.CH4/c9-8(10,11)7(12-13-7)6-4-2-1-3-5-6;/h1-5,12-13H;1H4. The Bertz CT molecular complexity index is 304. The molecule has 0 bridgehead atoms. The summed E-state index contributed by atoms with van der Waals surface area (Å²) in [5.41, 5.74) is 2.42. The van der Waals surface area contributed by atoms with E-state index in [0.29, 0.717) is 0 Å². The van der Waals surface area contributed by atoms with Crippen molar-refractivity contribution in [2.45, 2.75) is 19.3 Å². The van der Waals surface area contributed by atoms with Crippen LogP contribution in [0.3, 0.4) is 0 Å². The highest BCUT2D eigenvalue weighted by atomic mass is 19.4. The SMILES string of the molecule is C.FC(F)(F)C1(c2ccccc2)NN1. The maximum absolute atomic E-state index is 12.5. The molecular formula is C9H11F3N2. The van der Waals surface area contributed by atoms with Crippen molar-refractivity contribution >= 4 is 0 Å². The van der Waals surface area contributed by atoms with Crippen molar-refractivity contribution in [3.63, 3.8) is 0 Å². The molecular weight excluding hydrogens is 193 g/mol. The molecule has 1 aromatic rings. The molecule has 1 fully saturated rings. The van der Waals surface area contributed by atoms with Crippen molar-refractivity contribution in [3.05, 3.63) is 35.9 Å². The van der Waals surface area contributed by atoms with E-state index in [-0.39, 0.29) is 13.0 Å². The Labute approximate surface area is 80.1 Å². The highest BCUT2D eigenvalue weighted by Gasteiger charge is 2.65. The molecule has 2 N–H and O–H groups in total. The van der Waals surface area contributed by atoms with Gasteiger partial charge < -0.3 is 0 Å². The molecule has 1 saturated heterocycles. The monoisotopic (exact) mass is 204 g/mol. The van der Waals surface area contributed by atoms with Gasteiger partial charge in [0.05, 0.1) is 0 Å². The molecule has 2 nitrogen and oxygen atoms in total. The lowest BCUT2D eigenvalue weighted by Crippen LogP contribution is -2.34.